The highest BCUT2D eigenvalue weighted by atomic mass is 14.5. The average Bonchev–Trinajstić information content (AvgIpc) is 2.97. The van der Waals surface area contributed by atoms with Crippen LogP contribution in [0.15, 0.2) is 55.6 Å². The summed E-state index contributed by atoms with van der Waals surface area (Å²) in [6.07, 6.45) is 5.53. The van der Waals surface area contributed by atoms with Crippen molar-refractivity contribution >= 4 is 10.8 Å². The summed E-state index contributed by atoms with van der Waals surface area (Å²) in [4.78, 5) is 0. The standard InChI is InChI=1S/C20H20/c1-4-13-11-14(5-2)20-17-10-12(3)9-15-7-6-8-16(18(15)17)19(13)20/h4-10,13-14,19-20H,1-2,11H2,3H3. The molecule has 0 radical (unpaired) electrons. The molecule has 2 aromatic rings. The van der Waals surface area contributed by atoms with Gasteiger partial charge in [-0.15, -0.1) is 13.2 Å². The van der Waals surface area contributed by atoms with Crippen LogP contribution >= 0.6 is 0 Å². The third kappa shape index (κ3) is 1.37. The monoisotopic (exact) mass is 260 g/mol. The van der Waals surface area contributed by atoms with Crippen molar-refractivity contribution in [2.45, 2.75) is 25.2 Å². The van der Waals surface area contributed by atoms with Crippen molar-refractivity contribution in [3.8, 4) is 0 Å². The molecule has 0 N–H and O–H groups in total. The molecule has 4 rings (SSSR count). The van der Waals surface area contributed by atoms with Crippen LogP contribution in [0.3, 0.4) is 0 Å². The third-order valence-corrected chi connectivity index (χ3v) is 5.36. The summed E-state index contributed by atoms with van der Waals surface area (Å²) in [5.41, 5.74) is 4.46. The molecule has 0 amide bonds. The van der Waals surface area contributed by atoms with Gasteiger partial charge in [0.1, 0.15) is 0 Å². The van der Waals surface area contributed by atoms with Crippen LogP contribution in [0.5, 0.6) is 0 Å². The fraction of sp³-hybridized carbons (Fsp3) is 0.300. The summed E-state index contributed by atoms with van der Waals surface area (Å²) in [6, 6.07) is 11.5. The van der Waals surface area contributed by atoms with Gasteiger partial charge in [0.15, 0.2) is 0 Å². The van der Waals surface area contributed by atoms with E-state index in [0.717, 1.165) is 0 Å². The molecule has 0 saturated heterocycles. The van der Waals surface area contributed by atoms with Crippen LogP contribution in [0, 0.1) is 18.8 Å². The highest BCUT2D eigenvalue weighted by molar-refractivity contribution is 5.93. The average molecular weight is 260 g/mol. The van der Waals surface area contributed by atoms with Crippen LogP contribution in [0.1, 0.15) is 34.9 Å². The predicted molar refractivity (Wildman–Crippen MR) is 86.2 cm³/mol. The molecule has 2 aromatic carbocycles. The molecular formula is C20H20. The number of hydrogen-bond donors (Lipinski definition) is 0. The van der Waals surface area contributed by atoms with Gasteiger partial charge in [-0.1, -0.05) is 48.0 Å². The van der Waals surface area contributed by atoms with E-state index in [1.807, 2.05) is 0 Å². The van der Waals surface area contributed by atoms with Crippen molar-refractivity contribution in [3.05, 3.63) is 72.3 Å². The van der Waals surface area contributed by atoms with Crippen LogP contribution in [-0.4, -0.2) is 0 Å². The molecule has 4 atom stereocenters. The Hall–Kier alpha value is -1.82. The highest BCUT2D eigenvalue weighted by Crippen LogP contribution is 2.60. The van der Waals surface area contributed by atoms with Gasteiger partial charge in [-0.2, -0.15) is 0 Å². The Balaban J connectivity index is 2.04. The molecule has 100 valence electrons. The molecule has 0 aliphatic heterocycles. The van der Waals surface area contributed by atoms with E-state index in [1.54, 1.807) is 5.56 Å². The third-order valence-electron chi connectivity index (χ3n) is 5.36. The minimum absolute atomic E-state index is 0.584. The SMILES string of the molecule is C=CC1CC(C=C)C2c3cc(C)cc4cccc(c34)C12. The first-order valence-electron chi connectivity index (χ1n) is 7.53. The number of fused-ring (bicyclic) bond motifs is 3. The first kappa shape index (κ1) is 12.0. The zero-order valence-corrected chi connectivity index (χ0v) is 12.0. The van der Waals surface area contributed by atoms with Gasteiger partial charge in [-0.05, 0) is 58.9 Å². The molecule has 1 fully saturated rings. The smallest absolute Gasteiger partial charge is 0.00178 e. The van der Waals surface area contributed by atoms with E-state index >= 15 is 0 Å². The molecule has 2 aliphatic rings. The molecule has 1 saturated carbocycles. The summed E-state index contributed by atoms with van der Waals surface area (Å²) in [5.74, 6) is 2.38. The lowest BCUT2D eigenvalue weighted by Gasteiger charge is -2.18. The molecule has 2 aliphatic carbocycles. The predicted octanol–water partition coefficient (Wildman–Crippen LogP) is 5.34. The van der Waals surface area contributed by atoms with E-state index in [2.05, 4.69) is 62.6 Å². The summed E-state index contributed by atoms with van der Waals surface area (Å²) >= 11 is 0. The normalized spacial score (nSPS) is 30.4. The van der Waals surface area contributed by atoms with Gasteiger partial charge >= 0.3 is 0 Å². The number of rotatable bonds is 2. The van der Waals surface area contributed by atoms with Gasteiger partial charge < -0.3 is 0 Å². The number of allylic oxidation sites excluding steroid dienone is 2. The minimum atomic E-state index is 0.584. The van der Waals surface area contributed by atoms with Crippen LogP contribution < -0.4 is 0 Å². The Bertz CT molecular complexity index is 722. The topological polar surface area (TPSA) is 0 Å². The molecule has 0 nitrogen and oxygen atoms in total. The number of benzene rings is 2. The van der Waals surface area contributed by atoms with E-state index in [9.17, 15) is 0 Å². The molecular weight excluding hydrogens is 240 g/mol. The van der Waals surface area contributed by atoms with E-state index in [1.165, 1.54) is 28.3 Å². The Labute approximate surface area is 120 Å². The fourth-order valence-electron chi connectivity index (χ4n) is 4.66. The molecule has 0 heteroatoms. The Morgan fingerprint density at radius 2 is 1.70 bits per heavy atom. The molecule has 0 heterocycles. The molecule has 0 bridgehead atoms. The van der Waals surface area contributed by atoms with Crippen molar-refractivity contribution in [3.63, 3.8) is 0 Å². The maximum absolute atomic E-state index is 4.09. The summed E-state index contributed by atoms with van der Waals surface area (Å²) in [7, 11) is 0. The van der Waals surface area contributed by atoms with Crippen molar-refractivity contribution in [1.29, 1.82) is 0 Å². The molecule has 20 heavy (non-hydrogen) atoms. The summed E-state index contributed by atoms with van der Waals surface area (Å²) < 4.78 is 0. The maximum atomic E-state index is 4.09. The van der Waals surface area contributed by atoms with Gasteiger partial charge in [-0.25, -0.2) is 0 Å². The zero-order valence-electron chi connectivity index (χ0n) is 12.0. The van der Waals surface area contributed by atoms with Gasteiger partial charge in [0.25, 0.3) is 0 Å². The van der Waals surface area contributed by atoms with Crippen molar-refractivity contribution in [2.75, 3.05) is 0 Å². The van der Waals surface area contributed by atoms with Crippen molar-refractivity contribution in [2.24, 2.45) is 11.8 Å². The van der Waals surface area contributed by atoms with Gasteiger partial charge in [0, 0.05) is 0 Å². The second-order valence-corrected chi connectivity index (χ2v) is 6.39. The zero-order chi connectivity index (χ0) is 13.9. The van der Waals surface area contributed by atoms with Crippen LogP contribution in [-0.2, 0) is 0 Å². The Kier molecular flexibility index (Phi) is 2.44. The highest BCUT2D eigenvalue weighted by Gasteiger charge is 2.47. The summed E-state index contributed by atoms with van der Waals surface area (Å²) in [5, 5.41) is 2.91. The Morgan fingerprint density at radius 3 is 2.40 bits per heavy atom. The van der Waals surface area contributed by atoms with Gasteiger partial charge in [0.2, 0.25) is 0 Å². The molecule has 0 aromatic heterocycles. The van der Waals surface area contributed by atoms with Gasteiger partial charge in [-0.3, -0.25) is 0 Å². The second kappa shape index (κ2) is 4.09. The van der Waals surface area contributed by atoms with Gasteiger partial charge in [0.05, 0.1) is 0 Å². The Morgan fingerprint density at radius 1 is 1.00 bits per heavy atom. The van der Waals surface area contributed by atoms with E-state index in [0.29, 0.717) is 23.7 Å². The number of aryl methyl sites for hydroxylation is 1. The lowest BCUT2D eigenvalue weighted by molar-refractivity contribution is 0.554. The molecule has 4 unspecified atom stereocenters. The van der Waals surface area contributed by atoms with Crippen molar-refractivity contribution in [1.82, 2.24) is 0 Å². The first-order valence-corrected chi connectivity index (χ1v) is 7.53. The fourth-order valence-corrected chi connectivity index (χ4v) is 4.66. The maximum Gasteiger partial charge on any atom is -0.00178 e. The van der Waals surface area contributed by atoms with Crippen LogP contribution in [0.4, 0.5) is 0 Å². The molecule has 0 spiro atoms. The second-order valence-electron chi connectivity index (χ2n) is 6.39. The van der Waals surface area contributed by atoms with E-state index in [4.69, 9.17) is 0 Å². The number of hydrogen-bond acceptors (Lipinski definition) is 0. The summed E-state index contributed by atoms with van der Waals surface area (Å²) in [6.45, 7) is 10.4. The van der Waals surface area contributed by atoms with Crippen LogP contribution in [0.25, 0.3) is 10.8 Å². The van der Waals surface area contributed by atoms with Crippen molar-refractivity contribution < 1.29 is 0 Å². The first-order chi connectivity index (χ1) is 9.74. The van der Waals surface area contributed by atoms with E-state index < -0.39 is 0 Å². The van der Waals surface area contributed by atoms with E-state index in [-0.39, 0.29) is 0 Å². The lowest BCUT2D eigenvalue weighted by Crippen LogP contribution is -2.06. The minimum Gasteiger partial charge on any atom is -0.103 e. The quantitative estimate of drug-likeness (QED) is 0.640. The van der Waals surface area contributed by atoms with Crippen LogP contribution in [0.2, 0.25) is 0 Å². The largest absolute Gasteiger partial charge is 0.103 e. The lowest BCUT2D eigenvalue weighted by atomic mass is 9.85.